The summed E-state index contributed by atoms with van der Waals surface area (Å²) in [6, 6.07) is 0. The molecule has 5 aliphatic rings. The first kappa shape index (κ1) is 20.3. The summed E-state index contributed by atoms with van der Waals surface area (Å²) in [4.78, 5) is 24.6. The van der Waals surface area contributed by atoms with E-state index in [2.05, 4.69) is 19.1 Å². The Hall–Kier alpha value is -1.58. The van der Waals surface area contributed by atoms with E-state index in [0.29, 0.717) is 17.8 Å². The second-order valence-electron chi connectivity index (χ2n) is 10.7. The van der Waals surface area contributed by atoms with E-state index in [0.717, 1.165) is 70.0 Å². The molecule has 4 nitrogen and oxygen atoms in total. The van der Waals surface area contributed by atoms with Crippen LogP contribution < -0.4 is 0 Å². The number of carbonyl (C=O) groups excluding carboxylic acids is 2. The Morgan fingerprint density at radius 3 is 2.67 bits per heavy atom. The lowest BCUT2D eigenvalue weighted by atomic mass is 9.47. The highest BCUT2D eigenvalue weighted by atomic mass is 16.5. The molecule has 5 aliphatic carbocycles. The first-order valence-electron chi connectivity index (χ1n) is 12.2. The van der Waals surface area contributed by atoms with Crippen LogP contribution in [0.2, 0.25) is 0 Å². The van der Waals surface area contributed by atoms with Crippen LogP contribution in [0.4, 0.5) is 0 Å². The minimum atomic E-state index is -0.453. The predicted octanol–water partition coefficient (Wildman–Crippen LogP) is 5.51. The van der Waals surface area contributed by atoms with Gasteiger partial charge in [-0.2, -0.15) is 0 Å². The molecule has 0 aromatic carbocycles. The molecule has 3 fully saturated rings. The van der Waals surface area contributed by atoms with Gasteiger partial charge >= 0.3 is 5.97 Å². The van der Waals surface area contributed by atoms with Crippen molar-refractivity contribution in [2.45, 2.75) is 96.7 Å². The van der Waals surface area contributed by atoms with Crippen LogP contribution in [0, 0.1) is 28.6 Å². The number of hydrogen-bond donors (Lipinski definition) is 0. The Bertz CT molecular complexity index is 782. The standard InChI is InChI=1S/C26H36O4/c1-17(28)29-23-13-12-21-20-11-10-18-6-5-9-24(30-19-7-3-4-8-19)26(18,16-27)22(20)14-15-25(21,23)2/h7,10,16,20-24H,3-6,8-9,11-15H2,1-2H3/t20?,21?,22?,23-,24?,25-,26-/m0/s1. The number of hydrogen-bond acceptors (Lipinski definition) is 4. The molecule has 3 saturated carbocycles. The molecule has 0 N–H and O–H groups in total. The Balaban J connectivity index is 1.47. The lowest BCUT2D eigenvalue weighted by Crippen LogP contribution is -2.57. The van der Waals surface area contributed by atoms with E-state index in [-0.39, 0.29) is 23.6 Å². The van der Waals surface area contributed by atoms with Crippen molar-refractivity contribution in [1.29, 1.82) is 0 Å². The molecule has 7 atom stereocenters. The van der Waals surface area contributed by atoms with Crippen molar-refractivity contribution in [3.63, 3.8) is 0 Å². The lowest BCUT2D eigenvalue weighted by molar-refractivity contribution is -0.159. The molecule has 0 radical (unpaired) electrons. The third-order valence-corrected chi connectivity index (χ3v) is 9.40. The Kier molecular flexibility index (Phi) is 5.10. The lowest BCUT2D eigenvalue weighted by Gasteiger charge is -2.58. The number of carbonyl (C=O) groups is 2. The van der Waals surface area contributed by atoms with Gasteiger partial charge in [-0.3, -0.25) is 4.79 Å². The maximum atomic E-state index is 12.9. The zero-order valence-corrected chi connectivity index (χ0v) is 18.5. The van der Waals surface area contributed by atoms with E-state index >= 15 is 0 Å². The number of aldehydes is 1. The van der Waals surface area contributed by atoms with Gasteiger partial charge in [-0.05, 0) is 88.0 Å². The molecule has 164 valence electrons. The fourth-order valence-electron chi connectivity index (χ4n) is 8.06. The van der Waals surface area contributed by atoms with Crippen molar-refractivity contribution in [3.05, 3.63) is 23.5 Å². The smallest absolute Gasteiger partial charge is 0.302 e. The molecule has 30 heavy (non-hydrogen) atoms. The average molecular weight is 413 g/mol. The SMILES string of the molecule is CC(=O)O[C@H]1CCC2C3CC=C4CCCC(OC5=CCCC5)[C@]4(C=O)C3CC[C@@]21C. The largest absolute Gasteiger partial charge is 0.494 e. The highest BCUT2D eigenvalue weighted by molar-refractivity contribution is 5.69. The van der Waals surface area contributed by atoms with Crippen LogP contribution in [0.3, 0.4) is 0 Å². The summed E-state index contributed by atoms with van der Waals surface area (Å²) in [5.74, 6) is 2.31. The van der Waals surface area contributed by atoms with E-state index in [1.54, 1.807) is 0 Å². The van der Waals surface area contributed by atoms with Gasteiger partial charge in [0.05, 0.1) is 11.2 Å². The first-order valence-corrected chi connectivity index (χ1v) is 12.2. The summed E-state index contributed by atoms with van der Waals surface area (Å²) in [6.07, 6.45) is 17.6. The number of rotatable bonds is 4. The molecule has 0 amide bonds. The molecule has 0 bridgehead atoms. The number of fused-ring (bicyclic) bond motifs is 5. The van der Waals surface area contributed by atoms with Crippen LogP contribution in [0.25, 0.3) is 0 Å². The molecule has 0 heterocycles. The minimum absolute atomic E-state index is 0.0119. The minimum Gasteiger partial charge on any atom is -0.494 e. The molecular formula is C26H36O4. The van der Waals surface area contributed by atoms with Gasteiger partial charge in [0.1, 0.15) is 18.5 Å². The van der Waals surface area contributed by atoms with Crippen LogP contribution in [-0.4, -0.2) is 24.5 Å². The number of allylic oxidation sites excluding steroid dienone is 3. The van der Waals surface area contributed by atoms with Crippen molar-refractivity contribution in [3.8, 4) is 0 Å². The van der Waals surface area contributed by atoms with Gasteiger partial charge in [-0.15, -0.1) is 0 Å². The van der Waals surface area contributed by atoms with Crippen molar-refractivity contribution in [1.82, 2.24) is 0 Å². The van der Waals surface area contributed by atoms with Gasteiger partial charge in [0.15, 0.2) is 0 Å². The van der Waals surface area contributed by atoms with Crippen LogP contribution in [0.15, 0.2) is 23.5 Å². The topological polar surface area (TPSA) is 52.6 Å². The molecule has 0 aromatic rings. The van der Waals surface area contributed by atoms with Gasteiger partial charge in [0.25, 0.3) is 0 Å². The zero-order chi connectivity index (χ0) is 20.9. The van der Waals surface area contributed by atoms with E-state index in [9.17, 15) is 9.59 Å². The van der Waals surface area contributed by atoms with E-state index in [4.69, 9.17) is 9.47 Å². The van der Waals surface area contributed by atoms with Gasteiger partial charge in [-0.1, -0.05) is 18.6 Å². The van der Waals surface area contributed by atoms with Crippen LogP contribution in [-0.2, 0) is 19.1 Å². The predicted molar refractivity (Wildman–Crippen MR) is 114 cm³/mol. The molecular weight excluding hydrogens is 376 g/mol. The van der Waals surface area contributed by atoms with Gasteiger partial charge in [-0.25, -0.2) is 0 Å². The maximum absolute atomic E-state index is 12.9. The average Bonchev–Trinajstić information content (AvgIpc) is 3.35. The summed E-state index contributed by atoms with van der Waals surface area (Å²) in [5.41, 5.74) is 0.943. The second-order valence-corrected chi connectivity index (χ2v) is 10.7. The van der Waals surface area contributed by atoms with Crippen LogP contribution in [0.1, 0.15) is 84.5 Å². The van der Waals surface area contributed by atoms with Crippen LogP contribution in [0.5, 0.6) is 0 Å². The molecule has 0 saturated heterocycles. The van der Waals surface area contributed by atoms with Crippen molar-refractivity contribution < 1.29 is 19.1 Å². The molecule has 4 unspecified atom stereocenters. The molecule has 5 rings (SSSR count). The molecule has 4 heteroatoms. The van der Waals surface area contributed by atoms with E-state index in [1.807, 2.05) is 0 Å². The van der Waals surface area contributed by atoms with Gasteiger partial charge in [0, 0.05) is 18.8 Å². The quantitative estimate of drug-likeness (QED) is 0.347. The first-order chi connectivity index (χ1) is 14.5. The van der Waals surface area contributed by atoms with Gasteiger partial charge < -0.3 is 14.3 Å². The Morgan fingerprint density at radius 2 is 1.93 bits per heavy atom. The monoisotopic (exact) mass is 412 g/mol. The zero-order valence-electron chi connectivity index (χ0n) is 18.5. The van der Waals surface area contributed by atoms with Crippen molar-refractivity contribution in [2.75, 3.05) is 0 Å². The molecule has 0 aliphatic heterocycles. The summed E-state index contributed by atoms with van der Waals surface area (Å²) < 4.78 is 12.4. The van der Waals surface area contributed by atoms with E-state index in [1.165, 1.54) is 25.2 Å². The molecule has 0 aromatic heterocycles. The van der Waals surface area contributed by atoms with Crippen molar-refractivity contribution >= 4 is 12.3 Å². The highest BCUT2D eigenvalue weighted by Crippen LogP contribution is 2.65. The van der Waals surface area contributed by atoms with Crippen molar-refractivity contribution in [2.24, 2.45) is 28.6 Å². The summed E-state index contributed by atoms with van der Waals surface area (Å²) in [7, 11) is 0. The van der Waals surface area contributed by atoms with E-state index < -0.39 is 5.41 Å². The third kappa shape index (κ3) is 2.92. The summed E-state index contributed by atoms with van der Waals surface area (Å²) in [5, 5.41) is 0. The Morgan fingerprint density at radius 1 is 1.07 bits per heavy atom. The second kappa shape index (κ2) is 7.53. The summed E-state index contributed by atoms with van der Waals surface area (Å²) in [6.45, 7) is 3.86. The fourth-order valence-corrected chi connectivity index (χ4v) is 8.06. The fraction of sp³-hybridized carbons (Fsp3) is 0.769. The van der Waals surface area contributed by atoms with Crippen LogP contribution >= 0.6 is 0 Å². The maximum Gasteiger partial charge on any atom is 0.302 e. The normalized spacial score (nSPS) is 44.8. The highest BCUT2D eigenvalue weighted by Gasteiger charge is 2.63. The van der Waals surface area contributed by atoms with Gasteiger partial charge in [0.2, 0.25) is 0 Å². The Labute approximate surface area is 180 Å². The number of esters is 1. The number of ether oxygens (including phenoxy) is 2. The summed E-state index contributed by atoms with van der Waals surface area (Å²) >= 11 is 0. The molecule has 0 spiro atoms. The third-order valence-electron chi connectivity index (χ3n) is 9.40.